The topological polar surface area (TPSA) is 16.1 Å². The van der Waals surface area contributed by atoms with Gasteiger partial charge in [-0.3, -0.25) is 0 Å². The van der Waals surface area contributed by atoms with Crippen molar-refractivity contribution in [2.24, 2.45) is 0 Å². The molecule has 0 atom stereocenters. The summed E-state index contributed by atoms with van der Waals surface area (Å²) in [5, 5.41) is 0. The summed E-state index contributed by atoms with van der Waals surface area (Å²) in [6, 6.07) is 1.46. The molecular formula is C11H13F3N2. The molecule has 88 valence electrons. The Bertz CT molecular complexity index is 399. The minimum absolute atomic E-state index is 0.291. The van der Waals surface area contributed by atoms with Gasteiger partial charge in [0.05, 0.1) is 11.9 Å². The molecule has 0 aliphatic carbocycles. The number of hydrogen-bond acceptors (Lipinski definition) is 2. The fourth-order valence-corrected chi connectivity index (χ4v) is 2.00. The van der Waals surface area contributed by atoms with Gasteiger partial charge in [0.25, 0.3) is 0 Å². The standard InChI is InChI=1S/C11H13F3N2/c1-7(2)16-4-3-8-5-10(11(12,13)14)15-6-9(8)16/h5-7H,3-4H2,1-2H3. The highest BCUT2D eigenvalue weighted by molar-refractivity contribution is 5.57. The van der Waals surface area contributed by atoms with Crippen LogP contribution < -0.4 is 4.90 Å². The molecule has 0 amide bonds. The zero-order valence-electron chi connectivity index (χ0n) is 9.17. The van der Waals surface area contributed by atoms with E-state index in [2.05, 4.69) is 9.88 Å². The minimum atomic E-state index is -4.35. The first kappa shape index (κ1) is 11.2. The molecule has 0 N–H and O–H groups in total. The van der Waals surface area contributed by atoms with E-state index in [1.54, 1.807) is 0 Å². The maximum Gasteiger partial charge on any atom is 0.433 e. The average Bonchev–Trinajstić information content (AvgIpc) is 2.58. The van der Waals surface area contributed by atoms with Crippen LogP contribution in [0.4, 0.5) is 18.9 Å². The molecule has 1 aliphatic heterocycles. The zero-order chi connectivity index (χ0) is 11.9. The lowest BCUT2D eigenvalue weighted by atomic mass is 10.2. The van der Waals surface area contributed by atoms with Crippen LogP contribution in [0.3, 0.4) is 0 Å². The second-order valence-electron chi connectivity index (χ2n) is 4.23. The Kier molecular flexibility index (Phi) is 2.56. The van der Waals surface area contributed by atoms with E-state index in [4.69, 9.17) is 0 Å². The predicted molar refractivity (Wildman–Crippen MR) is 55.4 cm³/mol. The Morgan fingerprint density at radius 1 is 1.38 bits per heavy atom. The smallest absolute Gasteiger partial charge is 0.367 e. The summed E-state index contributed by atoms with van der Waals surface area (Å²) in [6.45, 7) is 4.82. The molecule has 0 saturated carbocycles. The van der Waals surface area contributed by atoms with Gasteiger partial charge in [-0.1, -0.05) is 0 Å². The Morgan fingerprint density at radius 2 is 2.06 bits per heavy atom. The van der Waals surface area contributed by atoms with Crippen molar-refractivity contribution < 1.29 is 13.2 Å². The fraction of sp³-hybridized carbons (Fsp3) is 0.545. The van der Waals surface area contributed by atoms with Crippen LogP contribution >= 0.6 is 0 Å². The summed E-state index contributed by atoms with van der Waals surface area (Å²) in [5.74, 6) is 0. The second kappa shape index (κ2) is 3.64. The summed E-state index contributed by atoms with van der Waals surface area (Å²) in [7, 11) is 0. The summed E-state index contributed by atoms with van der Waals surface area (Å²) >= 11 is 0. The van der Waals surface area contributed by atoms with Gasteiger partial charge in [-0.15, -0.1) is 0 Å². The van der Waals surface area contributed by atoms with Crippen molar-refractivity contribution in [1.82, 2.24) is 4.98 Å². The fourth-order valence-electron chi connectivity index (χ4n) is 2.00. The molecule has 2 heterocycles. The highest BCUT2D eigenvalue weighted by Crippen LogP contribution is 2.34. The van der Waals surface area contributed by atoms with Gasteiger partial charge in [0, 0.05) is 12.6 Å². The molecule has 0 aromatic carbocycles. The van der Waals surface area contributed by atoms with Crippen LogP contribution in [-0.2, 0) is 12.6 Å². The lowest BCUT2D eigenvalue weighted by Gasteiger charge is -2.23. The van der Waals surface area contributed by atoms with Gasteiger partial charge >= 0.3 is 6.18 Å². The molecule has 1 aromatic rings. The lowest BCUT2D eigenvalue weighted by molar-refractivity contribution is -0.141. The first-order chi connectivity index (χ1) is 7.39. The zero-order valence-corrected chi connectivity index (χ0v) is 9.17. The molecule has 0 spiro atoms. The summed E-state index contributed by atoms with van der Waals surface area (Å²) in [5.41, 5.74) is 0.788. The van der Waals surface area contributed by atoms with E-state index < -0.39 is 11.9 Å². The molecule has 0 saturated heterocycles. The molecule has 2 nitrogen and oxygen atoms in total. The number of nitrogens with zero attached hydrogens (tertiary/aromatic N) is 2. The molecular weight excluding hydrogens is 217 g/mol. The summed E-state index contributed by atoms with van der Waals surface area (Å²) < 4.78 is 37.3. The van der Waals surface area contributed by atoms with E-state index in [1.807, 2.05) is 13.8 Å². The monoisotopic (exact) mass is 230 g/mol. The van der Waals surface area contributed by atoms with Crippen LogP contribution in [0.5, 0.6) is 0 Å². The predicted octanol–water partition coefficient (Wildman–Crippen LogP) is 2.87. The average molecular weight is 230 g/mol. The molecule has 2 rings (SSSR count). The van der Waals surface area contributed by atoms with Gasteiger partial charge < -0.3 is 4.90 Å². The molecule has 0 bridgehead atoms. The summed E-state index contributed by atoms with van der Waals surface area (Å²) in [6.07, 6.45) is -2.34. The molecule has 0 unspecified atom stereocenters. The van der Waals surface area contributed by atoms with Gasteiger partial charge in [0.1, 0.15) is 5.69 Å². The van der Waals surface area contributed by atoms with Crippen molar-refractivity contribution in [2.75, 3.05) is 11.4 Å². The number of anilines is 1. The molecule has 5 heteroatoms. The first-order valence-electron chi connectivity index (χ1n) is 5.22. The molecule has 0 radical (unpaired) electrons. The maximum absolute atomic E-state index is 12.4. The lowest BCUT2D eigenvalue weighted by Crippen LogP contribution is -2.28. The van der Waals surface area contributed by atoms with Crippen LogP contribution in [0, 0.1) is 0 Å². The van der Waals surface area contributed by atoms with Gasteiger partial charge in [0.15, 0.2) is 0 Å². The van der Waals surface area contributed by atoms with E-state index in [9.17, 15) is 13.2 Å². The van der Waals surface area contributed by atoms with Crippen molar-refractivity contribution in [3.63, 3.8) is 0 Å². The van der Waals surface area contributed by atoms with Gasteiger partial charge in [-0.2, -0.15) is 13.2 Å². The largest absolute Gasteiger partial charge is 0.433 e. The normalized spacial score (nSPS) is 15.8. The number of fused-ring (bicyclic) bond motifs is 1. The maximum atomic E-state index is 12.4. The number of halogens is 3. The van der Waals surface area contributed by atoms with Crippen molar-refractivity contribution in [3.05, 3.63) is 23.5 Å². The van der Waals surface area contributed by atoms with Gasteiger partial charge in [0.2, 0.25) is 0 Å². The SMILES string of the molecule is CC(C)N1CCc2cc(C(F)(F)F)ncc21. The van der Waals surface area contributed by atoms with Gasteiger partial charge in [-0.05, 0) is 31.9 Å². The van der Waals surface area contributed by atoms with E-state index in [-0.39, 0.29) is 0 Å². The Morgan fingerprint density at radius 3 is 2.62 bits per heavy atom. The molecule has 0 fully saturated rings. The quantitative estimate of drug-likeness (QED) is 0.737. The third-order valence-corrected chi connectivity index (χ3v) is 2.81. The molecule has 16 heavy (non-hydrogen) atoms. The third-order valence-electron chi connectivity index (χ3n) is 2.81. The van der Waals surface area contributed by atoms with Crippen molar-refractivity contribution in [3.8, 4) is 0 Å². The van der Waals surface area contributed by atoms with Crippen molar-refractivity contribution >= 4 is 5.69 Å². The van der Waals surface area contributed by atoms with E-state index in [0.29, 0.717) is 12.5 Å². The minimum Gasteiger partial charge on any atom is -0.367 e. The number of hydrogen-bond donors (Lipinski definition) is 0. The Balaban J connectivity index is 2.37. The molecule has 1 aliphatic rings. The van der Waals surface area contributed by atoms with Crippen LogP contribution in [-0.4, -0.2) is 17.6 Å². The van der Waals surface area contributed by atoms with E-state index in [0.717, 1.165) is 23.9 Å². The van der Waals surface area contributed by atoms with Crippen molar-refractivity contribution in [1.29, 1.82) is 0 Å². The molecule has 1 aromatic heterocycles. The van der Waals surface area contributed by atoms with Crippen LogP contribution in [0.1, 0.15) is 25.1 Å². The van der Waals surface area contributed by atoms with E-state index in [1.165, 1.54) is 6.20 Å². The van der Waals surface area contributed by atoms with Crippen LogP contribution in [0.15, 0.2) is 12.3 Å². The highest BCUT2D eigenvalue weighted by Gasteiger charge is 2.34. The van der Waals surface area contributed by atoms with Gasteiger partial charge in [-0.25, -0.2) is 4.98 Å². The number of pyridine rings is 1. The Labute approximate surface area is 92.1 Å². The number of rotatable bonds is 1. The summed E-state index contributed by atoms with van der Waals surface area (Å²) in [4.78, 5) is 5.56. The number of alkyl halides is 3. The second-order valence-corrected chi connectivity index (χ2v) is 4.23. The van der Waals surface area contributed by atoms with Crippen LogP contribution in [0.2, 0.25) is 0 Å². The number of aromatic nitrogens is 1. The third kappa shape index (κ3) is 1.86. The van der Waals surface area contributed by atoms with Crippen molar-refractivity contribution in [2.45, 2.75) is 32.5 Å². The van der Waals surface area contributed by atoms with E-state index >= 15 is 0 Å². The first-order valence-corrected chi connectivity index (χ1v) is 5.22. The highest BCUT2D eigenvalue weighted by atomic mass is 19.4. The van der Waals surface area contributed by atoms with Crippen LogP contribution in [0.25, 0.3) is 0 Å². The Hall–Kier alpha value is -1.26.